The summed E-state index contributed by atoms with van der Waals surface area (Å²) in [5, 5.41) is 21.3. The normalized spacial score (nSPS) is 23.4. The topological polar surface area (TPSA) is 82.7 Å². The molecule has 0 spiro atoms. The van der Waals surface area contributed by atoms with Crippen molar-refractivity contribution in [3.8, 4) is 17.2 Å². The first-order valence-corrected chi connectivity index (χ1v) is 10.6. The number of amides is 1. The van der Waals surface area contributed by atoms with Gasteiger partial charge in [-0.2, -0.15) is 10.4 Å². The molecule has 152 valence electrons. The van der Waals surface area contributed by atoms with Gasteiger partial charge in [-0.3, -0.25) is 9.48 Å². The van der Waals surface area contributed by atoms with E-state index in [4.69, 9.17) is 0 Å². The minimum Gasteiger partial charge on any atom is -0.339 e. The van der Waals surface area contributed by atoms with E-state index in [1.54, 1.807) is 0 Å². The van der Waals surface area contributed by atoms with Crippen molar-refractivity contribution in [1.82, 2.24) is 20.4 Å². The molecule has 1 saturated heterocycles. The second-order valence-electron chi connectivity index (χ2n) is 8.55. The second-order valence-corrected chi connectivity index (χ2v) is 8.55. The van der Waals surface area contributed by atoms with Crippen molar-refractivity contribution >= 4 is 16.8 Å². The summed E-state index contributed by atoms with van der Waals surface area (Å²) in [6.45, 7) is 0. The summed E-state index contributed by atoms with van der Waals surface area (Å²) >= 11 is 0. The maximum atomic E-state index is 12.6. The van der Waals surface area contributed by atoms with Crippen LogP contribution in [0.5, 0.6) is 0 Å². The molecule has 6 heteroatoms. The Bertz CT molecular complexity index is 1130. The zero-order chi connectivity index (χ0) is 20.7. The number of carbonyl (C=O) groups is 1. The van der Waals surface area contributed by atoms with Crippen LogP contribution in [0, 0.1) is 17.2 Å². The van der Waals surface area contributed by atoms with E-state index in [-0.39, 0.29) is 11.9 Å². The Morgan fingerprint density at radius 1 is 1.27 bits per heavy atom. The molecule has 0 radical (unpaired) electrons. The number of hydrogen-bond donors (Lipinski definition) is 2. The monoisotopic (exact) mass is 399 g/mol. The molecule has 1 amide bonds. The third-order valence-corrected chi connectivity index (χ3v) is 6.59. The molecule has 2 aliphatic rings. The quantitative estimate of drug-likeness (QED) is 0.691. The molecule has 6 nitrogen and oxygen atoms in total. The summed E-state index contributed by atoms with van der Waals surface area (Å²) < 4.78 is 1.87. The lowest BCUT2D eigenvalue weighted by Gasteiger charge is -2.23. The van der Waals surface area contributed by atoms with E-state index in [0.29, 0.717) is 18.4 Å². The molecular formula is C24H25N5O. The average Bonchev–Trinajstić information content (AvgIpc) is 3.50. The lowest BCUT2D eigenvalue weighted by molar-refractivity contribution is -0.124. The van der Waals surface area contributed by atoms with Gasteiger partial charge in [0.2, 0.25) is 5.91 Å². The number of nitrogens with zero attached hydrogens (tertiary/aromatic N) is 3. The first-order chi connectivity index (χ1) is 14.6. The highest BCUT2D eigenvalue weighted by atomic mass is 16.2. The second kappa shape index (κ2) is 7.58. The van der Waals surface area contributed by atoms with Crippen LogP contribution in [0.4, 0.5) is 0 Å². The molecular weight excluding hydrogens is 374 g/mol. The number of benzene rings is 2. The average molecular weight is 399 g/mol. The van der Waals surface area contributed by atoms with Gasteiger partial charge in [-0.15, -0.1) is 0 Å². The molecule has 3 aromatic rings. The Morgan fingerprint density at radius 2 is 2.07 bits per heavy atom. The van der Waals surface area contributed by atoms with Crippen LogP contribution in [0.15, 0.2) is 48.7 Å². The van der Waals surface area contributed by atoms with Gasteiger partial charge >= 0.3 is 0 Å². The van der Waals surface area contributed by atoms with Crippen LogP contribution in [0.3, 0.4) is 0 Å². The number of carbonyl (C=O) groups excluding carboxylic acids is 1. The number of fused-ring (bicyclic) bond motifs is 3. The number of aryl methyl sites for hydroxylation is 1. The van der Waals surface area contributed by atoms with Gasteiger partial charge in [-0.1, -0.05) is 36.4 Å². The number of nitriles is 1. The molecule has 1 aliphatic heterocycles. The predicted octanol–water partition coefficient (Wildman–Crippen LogP) is 2.93. The number of piperidine rings is 1. The van der Waals surface area contributed by atoms with Crippen LogP contribution in [-0.4, -0.2) is 33.8 Å². The molecule has 1 aromatic heterocycles. The Kier molecular flexibility index (Phi) is 4.76. The van der Waals surface area contributed by atoms with E-state index in [9.17, 15) is 10.1 Å². The van der Waals surface area contributed by atoms with Gasteiger partial charge in [0.05, 0.1) is 23.8 Å². The molecule has 4 atom stereocenters. The van der Waals surface area contributed by atoms with Gasteiger partial charge < -0.3 is 10.6 Å². The van der Waals surface area contributed by atoms with Crippen LogP contribution >= 0.6 is 0 Å². The van der Waals surface area contributed by atoms with Crippen molar-refractivity contribution in [2.75, 3.05) is 0 Å². The third kappa shape index (κ3) is 3.46. The number of nitrogens with one attached hydrogen (secondary N) is 2. The van der Waals surface area contributed by atoms with E-state index in [1.165, 1.54) is 0 Å². The van der Waals surface area contributed by atoms with Crippen molar-refractivity contribution in [2.24, 2.45) is 13.0 Å². The fourth-order valence-electron chi connectivity index (χ4n) is 4.93. The highest BCUT2D eigenvalue weighted by Crippen LogP contribution is 2.35. The summed E-state index contributed by atoms with van der Waals surface area (Å²) in [5.74, 6) is 0.389. The Morgan fingerprint density at radius 3 is 2.77 bits per heavy atom. The van der Waals surface area contributed by atoms with Crippen molar-refractivity contribution in [3.05, 3.63) is 54.2 Å². The van der Waals surface area contributed by atoms with Crippen molar-refractivity contribution in [3.63, 3.8) is 0 Å². The summed E-state index contributed by atoms with van der Waals surface area (Å²) in [4.78, 5) is 12.6. The van der Waals surface area contributed by atoms with Gasteiger partial charge in [-0.05, 0) is 47.9 Å². The lowest BCUT2D eigenvalue weighted by Crippen LogP contribution is -2.50. The van der Waals surface area contributed by atoms with E-state index < -0.39 is 6.04 Å². The molecule has 1 saturated carbocycles. The first kappa shape index (κ1) is 18.8. The lowest BCUT2D eigenvalue weighted by atomic mass is 9.98. The molecule has 30 heavy (non-hydrogen) atoms. The predicted molar refractivity (Wildman–Crippen MR) is 115 cm³/mol. The molecule has 0 unspecified atom stereocenters. The fraction of sp³-hybridized carbons (Fsp3) is 0.375. The van der Waals surface area contributed by atoms with Gasteiger partial charge in [0.25, 0.3) is 0 Å². The zero-order valence-electron chi connectivity index (χ0n) is 17.0. The molecule has 2 heterocycles. The molecule has 2 aromatic carbocycles. The summed E-state index contributed by atoms with van der Waals surface area (Å²) in [6, 6.07) is 16.6. The van der Waals surface area contributed by atoms with Gasteiger partial charge in [0, 0.05) is 24.9 Å². The smallest absolute Gasteiger partial charge is 0.238 e. The Hall–Kier alpha value is -3.17. The van der Waals surface area contributed by atoms with Crippen LogP contribution in [0.25, 0.3) is 22.0 Å². The Labute approximate surface area is 175 Å². The van der Waals surface area contributed by atoms with Crippen LogP contribution in [0.2, 0.25) is 0 Å². The van der Waals surface area contributed by atoms with E-state index >= 15 is 0 Å². The minimum absolute atomic E-state index is 0.0325. The SMILES string of the molecule is Cn1ncc2ccc(-c3ccc(C[C@@H](C#N)NC(=O)[C@H]4N[C@@H]5CC[C@H]4C5)cc3)cc21. The van der Waals surface area contributed by atoms with E-state index in [0.717, 1.165) is 46.9 Å². The third-order valence-electron chi connectivity index (χ3n) is 6.59. The molecule has 2 fully saturated rings. The highest BCUT2D eigenvalue weighted by Gasteiger charge is 2.43. The maximum absolute atomic E-state index is 12.6. The van der Waals surface area contributed by atoms with Gasteiger partial charge in [0.15, 0.2) is 0 Å². The van der Waals surface area contributed by atoms with E-state index in [2.05, 4.69) is 52.1 Å². The highest BCUT2D eigenvalue weighted by molar-refractivity contribution is 5.84. The van der Waals surface area contributed by atoms with Gasteiger partial charge in [0.1, 0.15) is 6.04 Å². The number of aromatic nitrogens is 2. The Balaban J connectivity index is 1.26. The van der Waals surface area contributed by atoms with Crippen LogP contribution in [-0.2, 0) is 18.3 Å². The number of hydrogen-bond acceptors (Lipinski definition) is 4. The fourth-order valence-corrected chi connectivity index (χ4v) is 4.93. The van der Waals surface area contributed by atoms with E-state index in [1.807, 2.05) is 30.1 Å². The molecule has 1 aliphatic carbocycles. The number of rotatable bonds is 5. The largest absolute Gasteiger partial charge is 0.339 e. The first-order valence-electron chi connectivity index (χ1n) is 10.6. The molecule has 5 rings (SSSR count). The van der Waals surface area contributed by atoms with Crippen LogP contribution < -0.4 is 10.6 Å². The summed E-state index contributed by atoms with van der Waals surface area (Å²) in [6.07, 6.45) is 5.73. The summed E-state index contributed by atoms with van der Waals surface area (Å²) in [5.41, 5.74) is 4.38. The minimum atomic E-state index is -0.518. The van der Waals surface area contributed by atoms with Crippen molar-refractivity contribution < 1.29 is 4.79 Å². The van der Waals surface area contributed by atoms with Crippen LogP contribution in [0.1, 0.15) is 24.8 Å². The summed E-state index contributed by atoms with van der Waals surface area (Å²) in [7, 11) is 1.94. The molecule has 2 N–H and O–H groups in total. The molecule has 2 bridgehead atoms. The van der Waals surface area contributed by atoms with Crippen molar-refractivity contribution in [2.45, 2.75) is 43.8 Å². The zero-order valence-corrected chi connectivity index (χ0v) is 17.0. The van der Waals surface area contributed by atoms with Gasteiger partial charge in [-0.25, -0.2) is 0 Å². The maximum Gasteiger partial charge on any atom is 0.238 e. The van der Waals surface area contributed by atoms with Crippen molar-refractivity contribution in [1.29, 1.82) is 5.26 Å². The standard InChI is InChI=1S/C24H25N5O/c1-29-22-12-17(6-7-19(22)14-26-29)16-4-2-15(3-5-16)10-21(13-25)28-24(30)23-18-8-9-20(11-18)27-23/h2-7,12,14,18,20-21,23,27H,8-11H2,1H3,(H,28,30)/t18-,20+,21-,23-/m0/s1.